The Morgan fingerprint density at radius 2 is 1.94 bits per heavy atom. The van der Waals surface area contributed by atoms with Gasteiger partial charge in [0.2, 0.25) is 0 Å². The molecule has 1 aromatic rings. The Hall–Kier alpha value is -0.420. The Kier molecular flexibility index (Phi) is 6.29. The molecule has 102 valence electrons. The number of nitrogens with two attached hydrogens (primary N) is 1. The van der Waals surface area contributed by atoms with Crippen LogP contribution in [0.25, 0.3) is 0 Å². The van der Waals surface area contributed by atoms with Crippen LogP contribution in [-0.4, -0.2) is 35.7 Å². The van der Waals surface area contributed by atoms with Crippen LogP contribution in [0.15, 0.2) is 28.7 Å². The van der Waals surface area contributed by atoms with Crippen molar-refractivity contribution in [3.63, 3.8) is 0 Å². The third kappa shape index (κ3) is 4.35. The molecule has 0 heterocycles. The second-order valence-electron chi connectivity index (χ2n) is 4.94. The summed E-state index contributed by atoms with van der Waals surface area (Å²) >= 11 is 3.58. The summed E-state index contributed by atoms with van der Waals surface area (Å²) in [7, 11) is 2.05. The van der Waals surface area contributed by atoms with E-state index >= 15 is 0 Å². The average Bonchev–Trinajstić information content (AvgIpc) is 2.29. The van der Waals surface area contributed by atoms with Gasteiger partial charge in [-0.2, -0.15) is 0 Å². The summed E-state index contributed by atoms with van der Waals surface area (Å²) in [4.78, 5) is 2.21. The minimum absolute atomic E-state index is 0.0303. The molecule has 0 fully saturated rings. The van der Waals surface area contributed by atoms with Gasteiger partial charge >= 0.3 is 0 Å². The first-order valence-corrected chi connectivity index (χ1v) is 7.11. The predicted octanol–water partition coefficient (Wildman–Crippen LogP) is 2.54. The fourth-order valence-corrected chi connectivity index (χ4v) is 2.69. The minimum atomic E-state index is -0.277. The molecule has 1 rings (SSSR count). The maximum absolute atomic E-state index is 9.38. The van der Waals surface area contributed by atoms with Gasteiger partial charge in [0, 0.05) is 17.1 Å². The van der Waals surface area contributed by atoms with Crippen molar-refractivity contribution in [2.24, 2.45) is 5.73 Å². The van der Waals surface area contributed by atoms with Crippen LogP contribution in [0.4, 0.5) is 0 Å². The zero-order chi connectivity index (χ0) is 13.7. The summed E-state index contributed by atoms with van der Waals surface area (Å²) in [5.41, 5.74) is 7.31. The molecule has 3 nitrogen and oxygen atoms in total. The Morgan fingerprint density at radius 3 is 2.44 bits per heavy atom. The summed E-state index contributed by atoms with van der Waals surface area (Å²) in [6.45, 7) is 4.65. The first kappa shape index (κ1) is 15.6. The van der Waals surface area contributed by atoms with E-state index in [1.807, 2.05) is 32.0 Å². The van der Waals surface area contributed by atoms with E-state index in [2.05, 4.69) is 33.9 Å². The molecule has 3 N–H and O–H groups in total. The van der Waals surface area contributed by atoms with E-state index in [1.54, 1.807) is 0 Å². The quantitative estimate of drug-likeness (QED) is 0.848. The fraction of sp³-hybridized carbons (Fsp3) is 0.571. The van der Waals surface area contributed by atoms with Crippen LogP contribution >= 0.6 is 15.9 Å². The topological polar surface area (TPSA) is 49.5 Å². The second-order valence-corrected chi connectivity index (χ2v) is 5.80. The van der Waals surface area contributed by atoms with E-state index in [4.69, 9.17) is 5.73 Å². The van der Waals surface area contributed by atoms with Crippen molar-refractivity contribution in [3.8, 4) is 0 Å². The van der Waals surface area contributed by atoms with Gasteiger partial charge in [-0.05, 0) is 38.9 Å². The van der Waals surface area contributed by atoms with E-state index in [1.165, 1.54) is 5.56 Å². The maximum atomic E-state index is 9.38. The highest BCUT2D eigenvalue weighted by atomic mass is 79.9. The number of nitrogens with zero attached hydrogens (tertiary/aromatic N) is 1. The number of hydrogen-bond donors (Lipinski definition) is 2. The second kappa shape index (κ2) is 7.24. The largest absolute Gasteiger partial charge is 0.393 e. The molecule has 4 heteroatoms. The zero-order valence-corrected chi connectivity index (χ0v) is 12.9. The molecule has 1 aromatic carbocycles. The van der Waals surface area contributed by atoms with Gasteiger partial charge in [0.1, 0.15) is 0 Å². The molecule has 0 radical (unpaired) electrons. The summed E-state index contributed by atoms with van der Waals surface area (Å²) < 4.78 is 1.08. The van der Waals surface area contributed by atoms with E-state index in [9.17, 15) is 5.11 Å². The Labute approximate surface area is 118 Å². The highest BCUT2D eigenvalue weighted by Gasteiger charge is 2.22. The van der Waals surface area contributed by atoms with Gasteiger partial charge in [-0.1, -0.05) is 34.1 Å². The number of aliphatic hydroxyl groups excluding tert-OH is 1. The fourth-order valence-electron chi connectivity index (χ4n) is 2.17. The predicted molar refractivity (Wildman–Crippen MR) is 79.5 cm³/mol. The lowest BCUT2D eigenvalue weighted by molar-refractivity contribution is 0.143. The van der Waals surface area contributed by atoms with E-state index in [0.717, 1.165) is 17.4 Å². The number of halogens is 1. The smallest absolute Gasteiger partial charge is 0.0524 e. The van der Waals surface area contributed by atoms with E-state index < -0.39 is 0 Å². The van der Waals surface area contributed by atoms with E-state index in [-0.39, 0.29) is 18.2 Å². The Balaban J connectivity index is 2.86. The molecular weight excluding hydrogens is 292 g/mol. The van der Waals surface area contributed by atoms with Gasteiger partial charge in [0.05, 0.1) is 12.1 Å². The maximum Gasteiger partial charge on any atom is 0.0524 e. The van der Waals surface area contributed by atoms with Gasteiger partial charge in [0.25, 0.3) is 0 Å². The van der Waals surface area contributed by atoms with Crippen LogP contribution in [-0.2, 0) is 0 Å². The van der Waals surface area contributed by atoms with Crippen molar-refractivity contribution in [1.82, 2.24) is 4.90 Å². The van der Waals surface area contributed by atoms with Crippen LogP contribution in [0.3, 0.4) is 0 Å². The van der Waals surface area contributed by atoms with Crippen molar-refractivity contribution in [2.75, 3.05) is 13.6 Å². The molecule has 0 amide bonds. The first-order chi connectivity index (χ1) is 8.43. The summed E-state index contributed by atoms with van der Waals surface area (Å²) in [5.74, 6) is 0. The number of hydrogen-bond acceptors (Lipinski definition) is 3. The molecular formula is C14H23BrN2O. The lowest BCUT2D eigenvalue weighted by atomic mass is 9.99. The molecule has 3 unspecified atom stereocenters. The van der Waals surface area contributed by atoms with Crippen molar-refractivity contribution >= 4 is 15.9 Å². The molecule has 0 aromatic heterocycles. The average molecular weight is 315 g/mol. The standard InChI is InChI=1S/C14H23BrN2O/c1-10(18)8-9-17(3)14(11(2)16)12-6-4-5-7-13(12)15/h4-7,10-11,14,18H,8-9,16H2,1-3H3. The molecule has 0 aliphatic rings. The molecule has 0 spiro atoms. The van der Waals surface area contributed by atoms with Crippen molar-refractivity contribution < 1.29 is 5.11 Å². The van der Waals surface area contributed by atoms with Gasteiger partial charge in [-0.25, -0.2) is 0 Å². The molecule has 0 aliphatic carbocycles. The molecule has 18 heavy (non-hydrogen) atoms. The number of benzene rings is 1. The van der Waals surface area contributed by atoms with Gasteiger partial charge < -0.3 is 10.8 Å². The van der Waals surface area contributed by atoms with Crippen molar-refractivity contribution in [1.29, 1.82) is 0 Å². The van der Waals surface area contributed by atoms with Crippen LogP contribution in [0.1, 0.15) is 31.9 Å². The zero-order valence-electron chi connectivity index (χ0n) is 11.3. The third-order valence-corrected chi connectivity index (χ3v) is 3.82. The van der Waals surface area contributed by atoms with Crippen LogP contribution in [0, 0.1) is 0 Å². The summed E-state index contributed by atoms with van der Waals surface area (Å²) in [6.07, 6.45) is 0.477. The molecule has 0 saturated heterocycles. The Morgan fingerprint density at radius 1 is 1.33 bits per heavy atom. The minimum Gasteiger partial charge on any atom is -0.393 e. The monoisotopic (exact) mass is 314 g/mol. The van der Waals surface area contributed by atoms with Crippen LogP contribution in [0.2, 0.25) is 0 Å². The van der Waals surface area contributed by atoms with Crippen molar-refractivity contribution in [3.05, 3.63) is 34.3 Å². The van der Waals surface area contributed by atoms with Crippen LogP contribution in [0.5, 0.6) is 0 Å². The number of aliphatic hydroxyl groups is 1. The normalized spacial score (nSPS) is 16.6. The molecule has 0 bridgehead atoms. The molecule has 0 aliphatic heterocycles. The SMILES string of the molecule is CC(O)CCN(C)C(c1ccccc1Br)C(C)N. The highest BCUT2D eigenvalue weighted by molar-refractivity contribution is 9.10. The van der Waals surface area contributed by atoms with Crippen LogP contribution < -0.4 is 5.73 Å². The number of rotatable bonds is 6. The molecule has 0 saturated carbocycles. The Bertz CT molecular complexity index is 369. The third-order valence-electron chi connectivity index (χ3n) is 3.10. The van der Waals surface area contributed by atoms with Gasteiger partial charge in [-0.15, -0.1) is 0 Å². The van der Waals surface area contributed by atoms with Crippen molar-refractivity contribution in [2.45, 2.75) is 38.5 Å². The summed E-state index contributed by atoms with van der Waals surface area (Å²) in [5, 5.41) is 9.38. The lowest BCUT2D eigenvalue weighted by Gasteiger charge is -2.32. The van der Waals surface area contributed by atoms with E-state index in [0.29, 0.717) is 0 Å². The first-order valence-electron chi connectivity index (χ1n) is 6.31. The summed E-state index contributed by atoms with van der Waals surface area (Å²) in [6, 6.07) is 8.34. The van der Waals surface area contributed by atoms with Gasteiger partial charge in [0.15, 0.2) is 0 Å². The molecule has 3 atom stereocenters. The van der Waals surface area contributed by atoms with Gasteiger partial charge in [-0.3, -0.25) is 4.90 Å². The number of likely N-dealkylation sites (N-methyl/N-ethyl adjacent to an activating group) is 1. The lowest BCUT2D eigenvalue weighted by Crippen LogP contribution is -2.38. The highest BCUT2D eigenvalue weighted by Crippen LogP contribution is 2.29.